The van der Waals surface area contributed by atoms with E-state index in [0.29, 0.717) is 12.6 Å². The van der Waals surface area contributed by atoms with Gasteiger partial charge in [-0.2, -0.15) is 5.10 Å². The van der Waals surface area contributed by atoms with Crippen molar-refractivity contribution in [2.24, 2.45) is 7.05 Å². The van der Waals surface area contributed by atoms with Gasteiger partial charge in [0, 0.05) is 63.6 Å². The number of piperazine rings is 1. The number of hydrogen-bond acceptors (Lipinski definition) is 5. The van der Waals surface area contributed by atoms with Gasteiger partial charge >= 0.3 is 6.09 Å². The molecule has 0 bridgehead atoms. The number of rotatable bonds is 4. The van der Waals surface area contributed by atoms with Crippen molar-refractivity contribution in [2.45, 2.75) is 39.3 Å². The van der Waals surface area contributed by atoms with Crippen LogP contribution in [-0.2, 0) is 18.3 Å². The quantitative estimate of drug-likeness (QED) is 0.824. The van der Waals surface area contributed by atoms with Crippen LogP contribution in [0.5, 0.6) is 0 Å². The van der Waals surface area contributed by atoms with Crippen LogP contribution < -0.4 is 0 Å². The summed E-state index contributed by atoms with van der Waals surface area (Å²) in [5.74, 6) is 0. The Morgan fingerprint density at radius 1 is 1.28 bits per heavy atom. The van der Waals surface area contributed by atoms with Gasteiger partial charge in [0.2, 0.25) is 0 Å². The van der Waals surface area contributed by atoms with Crippen molar-refractivity contribution in [3.05, 3.63) is 17.5 Å². The first kappa shape index (κ1) is 18.2. The standard InChI is InChI=1S/C18H31N5O2/c1-4-25-18(24)23-10-8-22(9-11-23)17-6-5-7-21(14-17)13-16-12-19-20(3)15(16)2/h12,17H,4-11,13-14H2,1-3H3/t17-/m0/s1. The van der Waals surface area contributed by atoms with Crippen LogP contribution in [0.1, 0.15) is 31.0 Å². The summed E-state index contributed by atoms with van der Waals surface area (Å²) in [4.78, 5) is 18.8. The number of nitrogens with zero attached hydrogens (tertiary/aromatic N) is 5. The highest BCUT2D eigenvalue weighted by Crippen LogP contribution is 2.20. The molecule has 1 aromatic rings. The second-order valence-electron chi connectivity index (χ2n) is 7.13. The van der Waals surface area contributed by atoms with Gasteiger partial charge in [-0.25, -0.2) is 4.79 Å². The van der Waals surface area contributed by atoms with E-state index in [1.807, 2.05) is 29.7 Å². The molecule has 0 aliphatic carbocycles. The van der Waals surface area contributed by atoms with Crippen LogP contribution >= 0.6 is 0 Å². The number of carbonyl (C=O) groups is 1. The van der Waals surface area contributed by atoms with E-state index in [2.05, 4.69) is 21.8 Å². The van der Waals surface area contributed by atoms with Gasteiger partial charge in [0.05, 0.1) is 12.8 Å². The third-order valence-electron chi connectivity index (χ3n) is 5.57. The number of carbonyl (C=O) groups excluding carboxylic acids is 1. The fourth-order valence-electron chi connectivity index (χ4n) is 3.90. The zero-order chi connectivity index (χ0) is 17.8. The van der Waals surface area contributed by atoms with Crippen molar-refractivity contribution in [3.63, 3.8) is 0 Å². The molecule has 2 saturated heterocycles. The molecule has 0 unspecified atom stereocenters. The van der Waals surface area contributed by atoms with Crippen molar-refractivity contribution < 1.29 is 9.53 Å². The SMILES string of the molecule is CCOC(=O)N1CCN([C@H]2CCCN(Cc3cnn(C)c3C)C2)CC1. The summed E-state index contributed by atoms with van der Waals surface area (Å²) in [5, 5.41) is 4.36. The molecule has 3 heterocycles. The Hall–Kier alpha value is -1.60. The Morgan fingerprint density at radius 2 is 2.04 bits per heavy atom. The Balaban J connectivity index is 1.50. The van der Waals surface area contributed by atoms with Crippen molar-refractivity contribution in [3.8, 4) is 0 Å². The minimum atomic E-state index is -0.167. The van der Waals surface area contributed by atoms with Crippen molar-refractivity contribution in [1.29, 1.82) is 0 Å². The van der Waals surface area contributed by atoms with Crippen LogP contribution in [0.25, 0.3) is 0 Å². The second kappa shape index (κ2) is 8.19. The summed E-state index contributed by atoms with van der Waals surface area (Å²) >= 11 is 0. The first-order chi connectivity index (χ1) is 12.1. The molecule has 25 heavy (non-hydrogen) atoms. The third-order valence-corrected chi connectivity index (χ3v) is 5.57. The van der Waals surface area contributed by atoms with Crippen molar-refractivity contribution in [2.75, 3.05) is 45.9 Å². The molecule has 0 saturated carbocycles. The summed E-state index contributed by atoms with van der Waals surface area (Å²) in [6.07, 6.45) is 4.32. The first-order valence-corrected chi connectivity index (χ1v) is 9.44. The monoisotopic (exact) mass is 349 g/mol. The molecule has 2 fully saturated rings. The lowest BCUT2D eigenvalue weighted by Gasteiger charge is -2.43. The Kier molecular flexibility index (Phi) is 5.96. The highest BCUT2D eigenvalue weighted by Gasteiger charge is 2.30. The Morgan fingerprint density at radius 3 is 2.68 bits per heavy atom. The fraction of sp³-hybridized carbons (Fsp3) is 0.778. The maximum Gasteiger partial charge on any atom is 0.409 e. The highest BCUT2D eigenvalue weighted by molar-refractivity contribution is 5.67. The Labute approximate surface area is 150 Å². The van der Waals surface area contributed by atoms with Crippen LogP contribution in [0.3, 0.4) is 0 Å². The number of ether oxygens (including phenoxy) is 1. The zero-order valence-electron chi connectivity index (χ0n) is 15.8. The average Bonchev–Trinajstić information content (AvgIpc) is 2.94. The topological polar surface area (TPSA) is 53.8 Å². The predicted octanol–water partition coefficient (Wildman–Crippen LogP) is 1.47. The minimum absolute atomic E-state index is 0.167. The van der Waals surface area contributed by atoms with E-state index in [0.717, 1.165) is 45.8 Å². The van der Waals surface area contributed by atoms with Crippen LogP contribution in [0.4, 0.5) is 4.79 Å². The highest BCUT2D eigenvalue weighted by atomic mass is 16.6. The van der Waals surface area contributed by atoms with Gasteiger partial charge in [-0.1, -0.05) is 0 Å². The summed E-state index contributed by atoms with van der Waals surface area (Å²) < 4.78 is 7.06. The summed E-state index contributed by atoms with van der Waals surface area (Å²) in [5.41, 5.74) is 2.58. The molecule has 1 amide bonds. The molecule has 2 aliphatic rings. The molecule has 7 nitrogen and oxygen atoms in total. The molecule has 2 aliphatic heterocycles. The lowest BCUT2D eigenvalue weighted by Crippen LogP contribution is -2.55. The molecule has 0 aromatic carbocycles. The Bertz CT molecular complexity index is 580. The molecule has 1 atom stereocenters. The van der Waals surface area contributed by atoms with Gasteiger partial charge in [0.25, 0.3) is 0 Å². The lowest BCUT2D eigenvalue weighted by atomic mass is 10.0. The van der Waals surface area contributed by atoms with Gasteiger partial charge in [0.15, 0.2) is 0 Å². The predicted molar refractivity (Wildman–Crippen MR) is 96.4 cm³/mol. The lowest BCUT2D eigenvalue weighted by molar-refractivity contribution is 0.0412. The van der Waals surface area contributed by atoms with Gasteiger partial charge < -0.3 is 9.64 Å². The molecule has 3 rings (SSSR count). The summed E-state index contributed by atoms with van der Waals surface area (Å²) in [7, 11) is 2.00. The molecular weight excluding hydrogens is 318 g/mol. The second-order valence-corrected chi connectivity index (χ2v) is 7.13. The molecule has 0 radical (unpaired) electrons. The fourth-order valence-corrected chi connectivity index (χ4v) is 3.90. The zero-order valence-corrected chi connectivity index (χ0v) is 15.8. The van der Waals surface area contributed by atoms with Crippen molar-refractivity contribution >= 4 is 6.09 Å². The average molecular weight is 349 g/mol. The van der Waals surface area contributed by atoms with Crippen LogP contribution in [0.15, 0.2) is 6.20 Å². The largest absolute Gasteiger partial charge is 0.450 e. The maximum absolute atomic E-state index is 11.8. The van der Waals surface area contributed by atoms with E-state index in [1.165, 1.54) is 24.1 Å². The molecule has 0 spiro atoms. The normalized spacial score (nSPS) is 23.0. The van der Waals surface area contributed by atoms with Crippen LogP contribution in [-0.4, -0.2) is 82.5 Å². The van der Waals surface area contributed by atoms with E-state index in [-0.39, 0.29) is 6.09 Å². The number of aryl methyl sites for hydroxylation is 1. The molecule has 1 aromatic heterocycles. The number of likely N-dealkylation sites (tertiary alicyclic amines) is 1. The van der Waals surface area contributed by atoms with E-state index in [1.54, 1.807) is 0 Å². The molecule has 140 valence electrons. The number of amides is 1. The maximum atomic E-state index is 11.8. The molecule has 0 N–H and O–H groups in total. The van der Waals surface area contributed by atoms with Gasteiger partial charge in [-0.15, -0.1) is 0 Å². The molecular formula is C18H31N5O2. The summed E-state index contributed by atoms with van der Waals surface area (Å²) in [6, 6.07) is 0.593. The number of hydrogen-bond donors (Lipinski definition) is 0. The number of aromatic nitrogens is 2. The third kappa shape index (κ3) is 4.33. The van der Waals surface area contributed by atoms with E-state index >= 15 is 0 Å². The molecule has 7 heteroatoms. The smallest absolute Gasteiger partial charge is 0.409 e. The number of piperidine rings is 1. The van der Waals surface area contributed by atoms with Gasteiger partial charge in [0.1, 0.15) is 0 Å². The van der Waals surface area contributed by atoms with Crippen LogP contribution in [0, 0.1) is 6.92 Å². The van der Waals surface area contributed by atoms with E-state index in [9.17, 15) is 4.79 Å². The van der Waals surface area contributed by atoms with Gasteiger partial charge in [-0.05, 0) is 33.2 Å². The van der Waals surface area contributed by atoms with Crippen molar-refractivity contribution in [1.82, 2.24) is 24.5 Å². The van der Waals surface area contributed by atoms with Gasteiger partial charge in [-0.3, -0.25) is 14.5 Å². The van der Waals surface area contributed by atoms with E-state index in [4.69, 9.17) is 4.74 Å². The first-order valence-electron chi connectivity index (χ1n) is 9.44. The van der Waals surface area contributed by atoms with Crippen LogP contribution in [0.2, 0.25) is 0 Å². The van der Waals surface area contributed by atoms with E-state index < -0.39 is 0 Å². The minimum Gasteiger partial charge on any atom is -0.450 e. The summed E-state index contributed by atoms with van der Waals surface area (Å²) in [6.45, 7) is 11.1.